The minimum atomic E-state index is -2.44. The van der Waals surface area contributed by atoms with Gasteiger partial charge in [-0.2, -0.15) is 0 Å². The highest BCUT2D eigenvalue weighted by Crippen LogP contribution is 2.38. The molecule has 3 unspecified atom stereocenters. The summed E-state index contributed by atoms with van der Waals surface area (Å²) in [6, 6.07) is 18.4. The van der Waals surface area contributed by atoms with Crippen molar-refractivity contribution in [1.82, 2.24) is 4.72 Å². The molecule has 126 valence electrons. The second kappa shape index (κ2) is 7.37. The Morgan fingerprint density at radius 3 is 2.50 bits per heavy atom. The van der Waals surface area contributed by atoms with Crippen LogP contribution in [-0.2, 0) is 22.5 Å². The molecule has 0 saturated heterocycles. The molecule has 1 fully saturated rings. The van der Waals surface area contributed by atoms with Crippen molar-refractivity contribution < 1.29 is 4.21 Å². The predicted octanol–water partition coefficient (Wildman–Crippen LogP) is 3.87. The van der Waals surface area contributed by atoms with E-state index in [0.29, 0.717) is 11.8 Å². The Balaban J connectivity index is 1.62. The molecule has 0 spiro atoms. The number of rotatable bonds is 8. The van der Waals surface area contributed by atoms with Crippen LogP contribution in [0.25, 0.3) is 0 Å². The quantitative estimate of drug-likeness (QED) is 0.574. The van der Waals surface area contributed by atoms with E-state index in [1.54, 1.807) is 0 Å². The Bertz CT molecular complexity index is 796. The van der Waals surface area contributed by atoms with E-state index in [4.69, 9.17) is 0 Å². The summed E-state index contributed by atoms with van der Waals surface area (Å²) in [5, 5.41) is 0. The molecule has 1 N–H and O–H groups in total. The van der Waals surface area contributed by atoms with Gasteiger partial charge in [0.2, 0.25) is 0 Å². The zero-order chi connectivity index (χ0) is 17.0. The first-order valence-electron chi connectivity index (χ1n) is 8.46. The molecule has 2 nitrogen and oxygen atoms in total. The molecule has 2 aromatic rings. The van der Waals surface area contributed by atoms with Crippen molar-refractivity contribution >= 4 is 15.6 Å². The van der Waals surface area contributed by atoms with Crippen LogP contribution >= 0.6 is 0 Å². The molecule has 0 amide bonds. The Labute approximate surface area is 145 Å². The van der Waals surface area contributed by atoms with Crippen LogP contribution in [0.2, 0.25) is 0 Å². The standard InChI is InChI=1S/C21H25NOS/c1-3-19-15-20(19)16-22-24(2,23)21-11-7-10-18(14-21)13-12-17-8-5-4-6-9-17/h3-11,14,19-20H,1-2,12-13,15-16H2,(H,22,23). The molecule has 1 saturated carbocycles. The van der Waals surface area contributed by atoms with Crippen LogP contribution < -0.4 is 4.72 Å². The van der Waals surface area contributed by atoms with E-state index in [1.165, 1.54) is 11.1 Å². The molecule has 24 heavy (non-hydrogen) atoms. The zero-order valence-electron chi connectivity index (χ0n) is 14.0. The summed E-state index contributed by atoms with van der Waals surface area (Å²) >= 11 is 0. The molecule has 3 heteroatoms. The lowest BCUT2D eigenvalue weighted by Gasteiger charge is -2.13. The Morgan fingerprint density at radius 1 is 1.08 bits per heavy atom. The Morgan fingerprint density at radius 2 is 1.79 bits per heavy atom. The normalized spacial score (nSPS) is 21.8. The first-order chi connectivity index (χ1) is 11.6. The van der Waals surface area contributed by atoms with Crippen molar-refractivity contribution in [2.75, 3.05) is 6.54 Å². The maximum atomic E-state index is 12.9. The van der Waals surface area contributed by atoms with Crippen LogP contribution in [0.4, 0.5) is 0 Å². The number of allylic oxidation sites excluding steroid dienone is 1. The molecule has 0 aliphatic heterocycles. The van der Waals surface area contributed by atoms with E-state index >= 15 is 0 Å². The Kier molecular flexibility index (Phi) is 5.22. The minimum absolute atomic E-state index is 0.561. The lowest BCUT2D eigenvalue weighted by atomic mass is 10.0. The molecule has 0 radical (unpaired) electrons. The summed E-state index contributed by atoms with van der Waals surface area (Å²) in [5.74, 6) is 5.08. The van der Waals surface area contributed by atoms with E-state index in [-0.39, 0.29) is 0 Å². The van der Waals surface area contributed by atoms with Gasteiger partial charge in [-0.25, -0.2) is 8.93 Å². The third-order valence-corrected chi connectivity index (χ3v) is 6.33. The van der Waals surface area contributed by atoms with Gasteiger partial charge in [0.1, 0.15) is 0 Å². The fraction of sp³-hybridized carbons (Fsp3) is 0.286. The van der Waals surface area contributed by atoms with Crippen LogP contribution in [0, 0.1) is 11.8 Å². The van der Waals surface area contributed by atoms with E-state index in [9.17, 15) is 4.21 Å². The number of hydrogen-bond donors (Lipinski definition) is 1. The van der Waals surface area contributed by atoms with Gasteiger partial charge in [0.25, 0.3) is 0 Å². The summed E-state index contributed by atoms with van der Waals surface area (Å²) in [4.78, 5) is 0.795. The third kappa shape index (κ3) is 4.37. The van der Waals surface area contributed by atoms with Gasteiger partial charge in [0.05, 0.1) is 9.71 Å². The van der Waals surface area contributed by atoms with Crippen molar-refractivity contribution in [3.8, 4) is 0 Å². The second-order valence-corrected chi connectivity index (χ2v) is 8.66. The van der Waals surface area contributed by atoms with Crippen molar-refractivity contribution in [2.45, 2.75) is 24.2 Å². The fourth-order valence-corrected chi connectivity index (χ4v) is 4.25. The Hall–Kier alpha value is -1.84. The van der Waals surface area contributed by atoms with Gasteiger partial charge in [-0.3, -0.25) is 0 Å². The van der Waals surface area contributed by atoms with Gasteiger partial charge in [-0.05, 0) is 60.2 Å². The fourth-order valence-electron chi connectivity index (χ4n) is 2.96. The average Bonchev–Trinajstić information content (AvgIpc) is 3.38. The first-order valence-corrected chi connectivity index (χ1v) is 10.2. The summed E-state index contributed by atoms with van der Waals surface area (Å²) in [6.45, 7) is 4.56. The van der Waals surface area contributed by atoms with Crippen molar-refractivity contribution in [3.63, 3.8) is 0 Å². The largest absolute Gasteiger partial charge is 0.248 e. The summed E-state index contributed by atoms with van der Waals surface area (Å²) in [5.41, 5.74) is 2.52. The third-order valence-electron chi connectivity index (χ3n) is 4.68. The average molecular weight is 340 g/mol. The molecule has 3 rings (SSSR count). The van der Waals surface area contributed by atoms with Crippen LogP contribution in [0.3, 0.4) is 0 Å². The lowest BCUT2D eigenvalue weighted by Crippen LogP contribution is -2.26. The van der Waals surface area contributed by atoms with E-state index in [1.807, 2.05) is 30.3 Å². The van der Waals surface area contributed by atoms with Crippen molar-refractivity contribution in [3.05, 3.63) is 78.4 Å². The molecule has 1 aliphatic rings. The minimum Gasteiger partial charge on any atom is -0.248 e. The summed E-state index contributed by atoms with van der Waals surface area (Å²) < 4.78 is 16.1. The highest BCUT2D eigenvalue weighted by Gasteiger charge is 2.34. The number of aryl methyl sites for hydroxylation is 2. The topological polar surface area (TPSA) is 29.1 Å². The lowest BCUT2D eigenvalue weighted by molar-refractivity contribution is 0.659. The highest BCUT2D eigenvalue weighted by atomic mass is 32.2. The molecule has 0 aromatic heterocycles. The maximum Gasteiger partial charge on any atom is 0.0533 e. The van der Waals surface area contributed by atoms with Gasteiger partial charge in [-0.15, -0.1) is 6.58 Å². The monoisotopic (exact) mass is 339 g/mol. The van der Waals surface area contributed by atoms with Gasteiger partial charge in [0.15, 0.2) is 0 Å². The van der Waals surface area contributed by atoms with Crippen LogP contribution in [0.15, 0.2) is 72.1 Å². The number of hydrogen-bond acceptors (Lipinski definition) is 1. The molecule has 0 bridgehead atoms. The highest BCUT2D eigenvalue weighted by molar-refractivity contribution is 7.98. The van der Waals surface area contributed by atoms with E-state index in [0.717, 1.165) is 30.7 Å². The molecule has 0 heterocycles. The summed E-state index contributed by atoms with van der Waals surface area (Å²) in [6.07, 6.45) is 5.05. The molecular formula is C21H25NOS. The second-order valence-electron chi connectivity index (χ2n) is 6.55. The van der Waals surface area contributed by atoms with Gasteiger partial charge in [-0.1, -0.05) is 48.5 Å². The van der Waals surface area contributed by atoms with Crippen molar-refractivity contribution in [2.24, 2.45) is 11.8 Å². The molecular weight excluding hydrogens is 314 g/mol. The molecule has 1 aliphatic carbocycles. The van der Waals surface area contributed by atoms with Crippen LogP contribution in [0.1, 0.15) is 17.5 Å². The van der Waals surface area contributed by atoms with Crippen molar-refractivity contribution in [1.29, 1.82) is 0 Å². The maximum absolute atomic E-state index is 12.9. The first kappa shape index (κ1) is 17.0. The van der Waals surface area contributed by atoms with Gasteiger partial charge < -0.3 is 0 Å². The smallest absolute Gasteiger partial charge is 0.0533 e. The summed E-state index contributed by atoms with van der Waals surface area (Å²) in [7, 11) is -2.44. The predicted molar refractivity (Wildman–Crippen MR) is 104 cm³/mol. The van der Waals surface area contributed by atoms with E-state index in [2.05, 4.69) is 47.5 Å². The molecule has 3 atom stereocenters. The SMILES string of the molecule is C=CC1CC1CNS(=C)(=O)c1cccc(CCc2ccccc2)c1. The van der Waals surface area contributed by atoms with Gasteiger partial charge in [0, 0.05) is 11.4 Å². The van der Waals surface area contributed by atoms with Crippen LogP contribution in [-0.4, -0.2) is 16.6 Å². The van der Waals surface area contributed by atoms with Gasteiger partial charge >= 0.3 is 0 Å². The molecule has 2 aromatic carbocycles. The van der Waals surface area contributed by atoms with Crippen LogP contribution in [0.5, 0.6) is 0 Å². The zero-order valence-corrected chi connectivity index (χ0v) is 14.8. The number of benzene rings is 2. The van der Waals surface area contributed by atoms with E-state index < -0.39 is 9.71 Å². The number of nitrogens with one attached hydrogen (secondary N) is 1.